The van der Waals surface area contributed by atoms with E-state index in [0.717, 1.165) is 53.5 Å². The van der Waals surface area contributed by atoms with Gasteiger partial charge in [-0.15, -0.1) is 0 Å². The molecule has 2 spiro atoms. The van der Waals surface area contributed by atoms with E-state index in [1.165, 1.54) is 12.0 Å². The number of hydrogen-bond acceptors (Lipinski definition) is 4. The van der Waals surface area contributed by atoms with Crippen molar-refractivity contribution in [2.75, 3.05) is 5.32 Å². The standard InChI is InChI=1S/C11H10BrNO2.C11H11NO/c12-7-2-3-9-8(6-7)11(4-1-5-11)15-10(14)13-9;1-2-5-10-9(4-1)11(6-3-7-11)13-8-12-10/h2-3,6H,1,4-5H2,(H,13,14);1-2,4-5,8H,3,6-7H2. The van der Waals surface area contributed by atoms with E-state index >= 15 is 0 Å². The summed E-state index contributed by atoms with van der Waals surface area (Å²) in [6.07, 6.45) is 7.80. The summed E-state index contributed by atoms with van der Waals surface area (Å²) in [4.78, 5) is 15.6. The van der Waals surface area contributed by atoms with Gasteiger partial charge >= 0.3 is 6.09 Å². The number of hydrogen-bond donors (Lipinski definition) is 1. The molecule has 144 valence electrons. The van der Waals surface area contributed by atoms with E-state index in [1.54, 1.807) is 6.40 Å². The molecule has 5 nitrogen and oxygen atoms in total. The third-order valence-corrected chi connectivity index (χ3v) is 6.68. The molecule has 1 N–H and O–H groups in total. The summed E-state index contributed by atoms with van der Waals surface area (Å²) in [5, 5.41) is 2.73. The van der Waals surface area contributed by atoms with Crippen LogP contribution in [0.15, 0.2) is 51.9 Å². The molecule has 28 heavy (non-hydrogen) atoms. The molecule has 2 aromatic carbocycles. The number of fused-ring (bicyclic) bond motifs is 4. The summed E-state index contributed by atoms with van der Waals surface area (Å²) in [7, 11) is 0. The van der Waals surface area contributed by atoms with Crippen molar-refractivity contribution in [3.05, 3.63) is 58.1 Å². The quantitative estimate of drug-likeness (QED) is 0.534. The molecule has 6 rings (SSSR count). The van der Waals surface area contributed by atoms with Crippen molar-refractivity contribution in [2.24, 2.45) is 4.99 Å². The largest absolute Gasteiger partial charge is 0.472 e. The second-order valence-electron chi connectivity index (χ2n) is 7.77. The molecule has 2 heterocycles. The predicted octanol–water partition coefficient (Wildman–Crippen LogP) is 6.15. The molecule has 0 bridgehead atoms. The summed E-state index contributed by atoms with van der Waals surface area (Å²) in [6, 6.07) is 14.1. The van der Waals surface area contributed by atoms with Crippen LogP contribution in [0.1, 0.15) is 49.7 Å². The van der Waals surface area contributed by atoms with Gasteiger partial charge in [0.15, 0.2) is 6.40 Å². The molecular weight excluding hydrogens is 420 g/mol. The van der Waals surface area contributed by atoms with Crippen LogP contribution >= 0.6 is 15.9 Å². The number of aliphatic imine (C=N–C) groups is 1. The van der Waals surface area contributed by atoms with Gasteiger partial charge in [0.05, 0.1) is 11.4 Å². The highest BCUT2D eigenvalue weighted by Crippen LogP contribution is 2.50. The molecule has 2 saturated carbocycles. The van der Waals surface area contributed by atoms with Crippen LogP contribution in [0.3, 0.4) is 0 Å². The zero-order chi connectivity index (χ0) is 19.2. The van der Waals surface area contributed by atoms with E-state index in [-0.39, 0.29) is 17.3 Å². The van der Waals surface area contributed by atoms with Gasteiger partial charge in [0, 0.05) is 15.6 Å². The lowest BCUT2D eigenvalue weighted by atomic mass is 9.73. The first-order valence-electron chi connectivity index (χ1n) is 9.70. The SMILES string of the molecule is C1=Nc2ccccc2C2(CCC2)O1.O=C1Nc2ccc(Br)cc2C2(CCC2)O1. The molecule has 2 aromatic rings. The molecule has 0 saturated heterocycles. The lowest BCUT2D eigenvalue weighted by molar-refractivity contribution is -0.0504. The van der Waals surface area contributed by atoms with Gasteiger partial charge in [0.2, 0.25) is 0 Å². The summed E-state index contributed by atoms with van der Waals surface area (Å²) in [6.45, 7) is 0. The van der Waals surface area contributed by atoms with E-state index in [4.69, 9.17) is 9.47 Å². The Morgan fingerprint density at radius 1 is 0.964 bits per heavy atom. The summed E-state index contributed by atoms with van der Waals surface area (Å²) in [5.41, 5.74) is 3.97. The molecule has 0 radical (unpaired) electrons. The Labute approximate surface area is 172 Å². The Hall–Kier alpha value is -2.34. The lowest BCUT2D eigenvalue weighted by Gasteiger charge is -2.44. The third kappa shape index (κ3) is 2.82. The molecule has 0 unspecified atom stereocenters. The van der Waals surface area contributed by atoms with E-state index in [1.807, 2.05) is 24.3 Å². The van der Waals surface area contributed by atoms with Crippen LogP contribution < -0.4 is 5.32 Å². The van der Waals surface area contributed by atoms with Gasteiger partial charge in [-0.05, 0) is 62.8 Å². The molecule has 2 aliphatic heterocycles. The summed E-state index contributed by atoms with van der Waals surface area (Å²) < 4.78 is 12.1. The number of carbonyl (C=O) groups excluding carboxylic acids is 1. The Morgan fingerprint density at radius 3 is 2.43 bits per heavy atom. The van der Waals surface area contributed by atoms with Crippen LogP contribution in [0.5, 0.6) is 0 Å². The molecule has 6 heteroatoms. The second-order valence-corrected chi connectivity index (χ2v) is 8.69. The van der Waals surface area contributed by atoms with Crippen molar-refractivity contribution in [3.63, 3.8) is 0 Å². The molecule has 2 aliphatic carbocycles. The smallest absolute Gasteiger partial charge is 0.412 e. The van der Waals surface area contributed by atoms with Crippen LogP contribution in [0.2, 0.25) is 0 Å². The van der Waals surface area contributed by atoms with E-state index in [0.29, 0.717) is 0 Å². The minimum absolute atomic E-state index is 0.0155. The van der Waals surface area contributed by atoms with Crippen molar-refractivity contribution < 1.29 is 14.3 Å². The Balaban J connectivity index is 0.000000123. The van der Waals surface area contributed by atoms with E-state index in [9.17, 15) is 4.79 Å². The first-order chi connectivity index (χ1) is 13.6. The van der Waals surface area contributed by atoms with Crippen LogP contribution in [0, 0.1) is 0 Å². The Kier molecular flexibility index (Phi) is 4.19. The fraction of sp³-hybridized carbons (Fsp3) is 0.364. The molecule has 1 amide bonds. The fourth-order valence-electron chi connectivity index (χ4n) is 4.34. The second kappa shape index (κ2) is 6.62. The van der Waals surface area contributed by atoms with Gasteiger partial charge in [-0.25, -0.2) is 9.79 Å². The maximum atomic E-state index is 11.4. The van der Waals surface area contributed by atoms with Crippen molar-refractivity contribution >= 4 is 39.8 Å². The van der Waals surface area contributed by atoms with E-state index in [2.05, 4.69) is 44.4 Å². The number of halogens is 1. The number of para-hydroxylation sites is 1. The highest BCUT2D eigenvalue weighted by molar-refractivity contribution is 9.10. The molecule has 0 atom stereocenters. The predicted molar refractivity (Wildman–Crippen MR) is 111 cm³/mol. The van der Waals surface area contributed by atoms with Crippen molar-refractivity contribution in [2.45, 2.75) is 49.7 Å². The number of anilines is 1. The highest BCUT2D eigenvalue weighted by Gasteiger charge is 2.47. The number of rotatable bonds is 0. The van der Waals surface area contributed by atoms with Gasteiger partial charge in [0.1, 0.15) is 11.2 Å². The number of nitrogens with one attached hydrogen (secondary N) is 1. The minimum atomic E-state index is -0.346. The van der Waals surface area contributed by atoms with Crippen LogP contribution in [0.4, 0.5) is 16.2 Å². The van der Waals surface area contributed by atoms with Crippen LogP contribution in [0.25, 0.3) is 0 Å². The minimum Gasteiger partial charge on any atom is -0.472 e. The number of nitrogens with zero attached hydrogens (tertiary/aromatic N) is 1. The number of benzene rings is 2. The number of ether oxygens (including phenoxy) is 2. The number of carbonyl (C=O) groups is 1. The first-order valence-corrected chi connectivity index (χ1v) is 10.5. The monoisotopic (exact) mass is 440 g/mol. The fourth-order valence-corrected chi connectivity index (χ4v) is 4.70. The summed E-state index contributed by atoms with van der Waals surface area (Å²) >= 11 is 3.44. The van der Waals surface area contributed by atoms with Gasteiger partial charge in [-0.2, -0.15) is 0 Å². The van der Waals surface area contributed by atoms with Crippen molar-refractivity contribution in [3.8, 4) is 0 Å². The first kappa shape index (κ1) is 17.7. The summed E-state index contributed by atoms with van der Waals surface area (Å²) in [5.74, 6) is 0. The van der Waals surface area contributed by atoms with E-state index < -0.39 is 0 Å². The topological polar surface area (TPSA) is 59.9 Å². The Bertz CT molecular complexity index is 964. The van der Waals surface area contributed by atoms with Crippen LogP contribution in [-0.2, 0) is 20.7 Å². The maximum absolute atomic E-state index is 11.4. The number of amides is 1. The average molecular weight is 441 g/mol. The van der Waals surface area contributed by atoms with Crippen molar-refractivity contribution in [1.29, 1.82) is 0 Å². The maximum Gasteiger partial charge on any atom is 0.412 e. The zero-order valence-corrected chi connectivity index (χ0v) is 17.0. The Morgan fingerprint density at radius 2 is 1.71 bits per heavy atom. The normalized spacial score (nSPS) is 21.5. The highest BCUT2D eigenvalue weighted by atomic mass is 79.9. The van der Waals surface area contributed by atoms with Gasteiger partial charge in [-0.1, -0.05) is 34.1 Å². The lowest BCUT2D eigenvalue weighted by Crippen LogP contribution is -2.44. The van der Waals surface area contributed by atoms with Gasteiger partial charge in [0.25, 0.3) is 0 Å². The zero-order valence-electron chi connectivity index (χ0n) is 15.4. The molecule has 4 aliphatic rings. The van der Waals surface area contributed by atoms with Gasteiger partial charge < -0.3 is 9.47 Å². The average Bonchev–Trinajstić information content (AvgIpc) is 2.65. The molecule has 2 fully saturated rings. The third-order valence-electron chi connectivity index (χ3n) is 6.18. The van der Waals surface area contributed by atoms with Gasteiger partial charge in [-0.3, -0.25) is 5.32 Å². The molecule has 0 aromatic heterocycles. The van der Waals surface area contributed by atoms with Crippen molar-refractivity contribution in [1.82, 2.24) is 0 Å². The van der Waals surface area contributed by atoms with Crippen LogP contribution in [-0.4, -0.2) is 12.5 Å². The molecular formula is C22H21BrN2O3.